The van der Waals surface area contributed by atoms with Crippen molar-refractivity contribution < 1.29 is 0 Å². The Morgan fingerprint density at radius 2 is 2.17 bits per heavy atom. The monoisotopic (exact) mass is 250 g/mol. The molecule has 4 heteroatoms. The molecule has 1 fully saturated rings. The molecule has 0 aliphatic heterocycles. The molecule has 1 N–H and O–H groups in total. The molecule has 1 heterocycles. The van der Waals surface area contributed by atoms with Gasteiger partial charge in [-0.3, -0.25) is 4.68 Å². The average Bonchev–Trinajstić information content (AvgIpc) is 2.62. The third kappa shape index (κ3) is 2.59. The second kappa shape index (κ2) is 5.41. The number of hydrogen-bond donors (Lipinski definition) is 1. The minimum Gasteiger partial charge on any atom is -0.311 e. The van der Waals surface area contributed by atoms with E-state index in [9.17, 15) is 0 Å². The standard InChI is InChI=1S/C14H26N4/c1-5-13-12(10-18(4)16-13)9-15-11-14(17(2)3)7-6-8-14/h10,15H,5-9,11H2,1-4H3. The predicted molar refractivity (Wildman–Crippen MR) is 74.6 cm³/mol. The van der Waals surface area contributed by atoms with Gasteiger partial charge in [0.2, 0.25) is 0 Å². The number of likely N-dealkylation sites (N-methyl/N-ethyl adjacent to an activating group) is 1. The van der Waals surface area contributed by atoms with Gasteiger partial charge in [0.1, 0.15) is 0 Å². The maximum Gasteiger partial charge on any atom is 0.0666 e. The van der Waals surface area contributed by atoms with Gasteiger partial charge < -0.3 is 10.2 Å². The van der Waals surface area contributed by atoms with E-state index in [1.165, 1.54) is 30.5 Å². The van der Waals surface area contributed by atoms with Crippen molar-refractivity contribution in [2.75, 3.05) is 20.6 Å². The van der Waals surface area contributed by atoms with Crippen molar-refractivity contribution in [2.24, 2.45) is 7.05 Å². The van der Waals surface area contributed by atoms with Crippen LogP contribution >= 0.6 is 0 Å². The Balaban J connectivity index is 1.88. The molecule has 1 saturated carbocycles. The van der Waals surface area contributed by atoms with E-state index < -0.39 is 0 Å². The van der Waals surface area contributed by atoms with Crippen LogP contribution in [0.5, 0.6) is 0 Å². The molecule has 4 nitrogen and oxygen atoms in total. The minimum atomic E-state index is 0.397. The molecule has 0 bridgehead atoms. The highest BCUT2D eigenvalue weighted by molar-refractivity contribution is 5.16. The molecule has 18 heavy (non-hydrogen) atoms. The molecule has 102 valence electrons. The molecule has 0 spiro atoms. The smallest absolute Gasteiger partial charge is 0.0666 e. The lowest BCUT2D eigenvalue weighted by molar-refractivity contribution is 0.0598. The lowest BCUT2D eigenvalue weighted by Crippen LogP contribution is -2.56. The van der Waals surface area contributed by atoms with Gasteiger partial charge in [0.25, 0.3) is 0 Å². The summed E-state index contributed by atoms with van der Waals surface area (Å²) < 4.78 is 1.92. The van der Waals surface area contributed by atoms with Crippen LogP contribution < -0.4 is 5.32 Å². The largest absolute Gasteiger partial charge is 0.311 e. The average molecular weight is 250 g/mol. The van der Waals surface area contributed by atoms with E-state index in [1.807, 2.05) is 11.7 Å². The van der Waals surface area contributed by atoms with Crippen LogP contribution in [0.2, 0.25) is 0 Å². The van der Waals surface area contributed by atoms with Crippen molar-refractivity contribution in [1.82, 2.24) is 20.0 Å². The summed E-state index contributed by atoms with van der Waals surface area (Å²) in [6.45, 7) is 4.18. The molecule has 1 aliphatic carbocycles. The van der Waals surface area contributed by atoms with Gasteiger partial charge >= 0.3 is 0 Å². The topological polar surface area (TPSA) is 33.1 Å². The Labute approximate surface area is 110 Å². The van der Waals surface area contributed by atoms with Crippen LogP contribution in [0.4, 0.5) is 0 Å². The predicted octanol–water partition coefficient (Wildman–Crippen LogP) is 1.56. The second-order valence-electron chi connectivity index (χ2n) is 5.70. The van der Waals surface area contributed by atoms with E-state index >= 15 is 0 Å². The summed E-state index contributed by atoms with van der Waals surface area (Å²) in [5.41, 5.74) is 2.96. The van der Waals surface area contributed by atoms with Gasteiger partial charge in [-0.15, -0.1) is 0 Å². The van der Waals surface area contributed by atoms with E-state index in [2.05, 4.69) is 42.5 Å². The van der Waals surface area contributed by atoms with Crippen molar-refractivity contribution in [2.45, 2.75) is 44.7 Å². The fourth-order valence-electron chi connectivity index (χ4n) is 2.83. The maximum atomic E-state index is 4.48. The first-order chi connectivity index (χ1) is 8.57. The summed E-state index contributed by atoms with van der Waals surface area (Å²) in [6.07, 6.45) is 7.15. The molecular weight excluding hydrogens is 224 g/mol. The summed E-state index contributed by atoms with van der Waals surface area (Å²) in [4.78, 5) is 2.38. The zero-order valence-electron chi connectivity index (χ0n) is 12.2. The third-order valence-electron chi connectivity index (χ3n) is 4.33. The lowest BCUT2D eigenvalue weighted by atomic mass is 9.75. The Morgan fingerprint density at radius 3 is 2.67 bits per heavy atom. The van der Waals surface area contributed by atoms with Crippen LogP contribution in [0.15, 0.2) is 6.20 Å². The molecule has 1 aliphatic rings. The summed E-state index contributed by atoms with van der Waals surface area (Å²) in [6, 6.07) is 0. The van der Waals surface area contributed by atoms with E-state index in [0.29, 0.717) is 5.54 Å². The molecule has 0 unspecified atom stereocenters. The maximum absolute atomic E-state index is 4.48. The number of aryl methyl sites for hydroxylation is 2. The van der Waals surface area contributed by atoms with Crippen LogP contribution in [0.3, 0.4) is 0 Å². The highest BCUT2D eigenvalue weighted by Crippen LogP contribution is 2.35. The highest BCUT2D eigenvalue weighted by atomic mass is 15.3. The molecule has 0 radical (unpaired) electrons. The normalized spacial score (nSPS) is 18.1. The first-order valence-corrected chi connectivity index (χ1v) is 6.97. The van der Waals surface area contributed by atoms with Gasteiger partial charge in [-0.1, -0.05) is 6.92 Å². The van der Waals surface area contributed by atoms with Crippen molar-refractivity contribution >= 4 is 0 Å². The summed E-state index contributed by atoms with van der Waals surface area (Å²) >= 11 is 0. The van der Waals surface area contributed by atoms with Crippen molar-refractivity contribution in [3.05, 3.63) is 17.5 Å². The summed E-state index contributed by atoms with van der Waals surface area (Å²) in [7, 11) is 6.39. The molecule has 0 aromatic carbocycles. The molecule has 1 aromatic rings. The van der Waals surface area contributed by atoms with Gasteiger partial charge in [-0.25, -0.2) is 0 Å². The van der Waals surface area contributed by atoms with E-state index in [-0.39, 0.29) is 0 Å². The highest BCUT2D eigenvalue weighted by Gasteiger charge is 2.38. The molecular formula is C14H26N4. The zero-order valence-corrected chi connectivity index (χ0v) is 12.2. The minimum absolute atomic E-state index is 0.397. The third-order valence-corrected chi connectivity index (χ3v) is 4.33. The Kier molecular flexibility index (Phi) is 4.07. The Hall–Kier alpha value is -0.870. The van der Waals surface area contributed by atoms with Gasteiger partial charge in [0.15, 0.2) is 0 Å². The quantitative estimate of drug-likeness (QED) is 0.831. The van der Waals surface area contributed by atoms with Crippen molar-refractivity contribution in [1.29, 1.82) is 0 Å². The Morgan fingerprint density at radius 1 is 1.44 bits per heavy atom. The fourth-order valence-corrected chi connectivity index (χ4v) is 2.83. The van der Waals surface area contributed by atoms with Gasteiger partial charge in [-0.05, 0) is 39.8 Å². The number of hydrogen-bond acceptors (Lipinski definition) is 3. The van der Waals surface area contributed by atoms with Crippen LogP contribution in [-0.4, -0.2) is 40.9 Å². The SMILES string of the molecule is CCc1nn(C)cc1CNCC1(N(C)C)CCC1. The fraction of sp³-hybridized carbons (Fsp3) is 0.786. The van der Waals surface area contributed by atoms with Crippen LogP contribution in [0, 0.1) is 0 Å². The van der Waals surface area contributed by atoms with Crippen LogP contribution in [-0.2, 0) is 20.0 Å². The van der Waals surface area contributed by atoms with Crippen LogP contribution in [0.1, 0.15) is 37.4 Å². The molecule has 0 amide bonds. The van der Waals surface area contributed by atoms with Crippen molar-refractivity contribution in [3.63, 3.8) is 0 Å². The molecule has 0 atom stereocenters. The first kappa shape index (κ1) is 13.6. The first-order valence-electron chi connectivity index (χ1n) is 6.97. The second-order valence-corrected chi connectivity index (χ2v) is 5.70. The molecule has 2 rings (SSSR count). The molecule has 0 saturated heterocycles. The number of aromatic nitrogens is 2. The van der Waals surface area contributed by atoms with E-state index in [4.69, 9.17) is 0 Å². The van der Waals surface area contributed by atoms with Crippen LogP contribution in [0.25, 0.3) is 0 Å². The number of nitrogens with zero attached hydrogens (tertiary/aromatic N) is 3. The Bertz CT molecular complexity index is 390. The summed E-state index contributed by atoms with van der Waals surface area (Å²) in [5.74, 6) is 0. The van der Waals surface area contributed by atoms with E-state index in [1.54, 1.807) is 0 Å². The van der Waals surface area contributed by atoms with Gasteiger partial charge in [-0.2, -0.15) is 5.10 Å². The lowest BCUT2D eigenvalue weighted by Gasteiger charge is -2.47. The van der Waals surface area contributed by atoms with Gasteiger partial charge in [0.05, 0.1) is 5.69 Å². The van der Waals surface area contributed by atoms with E-state index in [0.717, 1.165) is 19.5 Å². The van der Waals surface area contributed by atoms with Crippen molar-refractivity contribution in [3.8, 4) is 0 Å². The molecule has 1 aromatic heterocycles. The van der Waals surface area contributed by atoms with Gasteiger partial charge in [0, 0.05) is 37.4 Å². The number of rotatable bonds is 6. The number of nitrogens with one attached hydrogen (secondary N) is 1. The summed E-state index contributed by atoms with van der Waals surface area (Å²) in [5, 5.41) is 8.10. The zero-order chi connectivity index (χ0) is 13.2.